The summed E-state index contributed by atoms with van der Waals surface area (Å²) in [4.78, 5) is 111. The first kappa shape index (κ1) is 80.6. The molecule has 5 aliphatic heterocycles. The molecule has 0 radical (unpaired) electrons. The number of rotatable bonds is 20. The summed E-state index contributed by atoms with van der Waals surface area (Å²) < 4.78 is 38.2. The minimum absolute atomic E-state index is 0. The van der Waals surface area contributed by atoms with Crippen LogP contribution in [0, 0.1) is 12.8 Å². The Hall–Kier alpha value is -9.04. The number of aliphatic hydroxyl groups excluding tert-OH is 6. The lowest BCUT2D eigenvalue weighted by atomic mass is 9.86. The Kier molecular flexibility index (Phi) is 25.6. The number of benzene rings is 5. The van der Waals surface area contributed by atoms with Gasteiger partial charge in [-0.1, -0.05) is 62.7 Å². The number of likely N-dealkylation sites (N-methyl/N-ethyl adjacent to an activating group) is 1. The third-order valence-corrected chi connectivity index (χ3v) is 18.7. The number of Topliss-reactive ketones (excluding diaryl/α,β-unsaturated/α-hetero) is 1. The number of nitrogens with two attached hydrogens (primary N) is 3. The molecule has 6 amide bonds. The lowest BCUT2D eigenvalue weighted by Crippen LogP contribution is -2.64. The van der Waals surface area contributed by atoms with Crippen molar-refractivity contribution in [2.24, 2.45) is 23.1 Å². The predicted octanol–water partition coefficient (Wildman–Crippen LogP) is 1.47. The fourth-order valence-electron chi connectivity index (χ4n) is 12.3. The maximum atomic E-state index is 15.2. The molecule has 5 aromatic carbocycles. The van der Waals surface area contributed by atoms with E-state index >= 15 is 9.59 Å². The van der Waals surface area contributed by atoms with Crippen molar-refractivity contribution in [2.75, 3.05) is 13.7 Å². The molecule has 0 aliphatic carbocycles. The molecule has 0 saturated carbocycles. The number of carbonyl (C=O) groups excluding carboxylic acids is 7. The number of primary amides is 1. The number of phenols is 3. The summed E-state index contributed by atoms with van der Waals surface area (Å²) >= 11 is 14.1. The average molecular weight is 1500 g/mol. The van der Waals surface area contributed by atoms with Crippen LogP contribution in [-0.4, -0.2) is 191 Å². The molecule has 5 aliphatic rings. The van der Waals surface area contributed by atoms with Gasteiger partial charge in [-0.2, -0.15) is 0 Å². The van der Waals surface area contributed by atoms with Crippen LogP contribution in [0.15, 0.2) is 72.8 Å². The predicted molar refractivity (Wildman–Crippen MR) is 367 cm³/mol. The first-order chi connectivity index (χ1) is 48.4. The lowest BCUT2D eigenvalue weighted by molar-refractivity contribution is -0.333. The van der Waals surface area contributed by atoms with Crippen LogP contribution in [0.25, 0.3) is 11.1 Å². The molecule has 104 heavy (non-hydrogen) atoms. The van der Waals surface area contributed by atoms with Crippen LogP contribution >= 0.6 is 23.2 Å². The van der Waals surface area contributed by atoms with Gasteiger partial charge in [0.15, 0.2) is 35.7 Å². The number of halogens is 2. The maximum absolute atomic E-state index is 15.2. The van der Waals surface area contributed by atoms with E-state index in [1.165, 1.54) is 40.0 Å². The molecule has 1 unspecified atom stereocenters. The molecule has 0 spiro atoms. The van der Waals surface area contributed by atoms with Gasteiger partial charge in [0.1, 0.15) is 83.4 Å². The smallest absolute Gasteiger partial charge is 0.330 e. The number of ketones is 1. The van der Waals surface area contributed by atoms with E-state index in [9.17, 15) is 79.8 Å². The van der Waals surface area contributed by atoms with E-state index in [1.807, 2.05) is 13.8 Å². The number of ether oxygens (including phenoxy) is 6. The topological polar surface area (TPSA) is 544 Å². The van der Waals surface area contributed by atoms with E-state index in [0.29, 0.717) is 0 Å². The normalized spacial score (nSPS) is 26.6. The quantitative estimate of drug-likeness (QED) is 0.0524. The zero-order valence-electron chi connectivity index (χ0n) is 56.3. The van der Waals surface area contributed by atoms with Crippen molar-refractivity contribution in [3.63, 3.8) is 0 Å². The Bertz CT molecular complexity index is 4110. The summed E-state index contributed by atoms with van der Waals surface area (Å²) in [7, 11) is 1.50. The monoisotopic (exact) mass is 1490 g/mol. The van der Waals surface area contributed by atoms with Gasteiger partial charge in [-0.05, 0) is 124 Å². The fourth-order valence-corrected chi connectivity index (χ4v) is 12.8. The molecule has 2 fully saturated rings. The number of aliphatic hydroxyl groups is 6. The third kappa shape index (κ3) is 17.3. The second-order valence-electron chi connectivity index (χ2n) is 26.3. The SMILES string of the molecule is C.CN[C@H](CC(C)C)C(=O)NC(C(=O)N[C@@H](CC(N)=O)C(C)=O)[C@H](O)c1ccc(Oc2cc3cc(c2O[C@@H]2O[C@H](CO)[C@@H](O)[C@H](O)[C@H]2O[C@H]2C[C@](C)(N)[C@H](O)[C@H](C)O2)Oc2ccc(cc2Cl)[C@@H](O)[C@@H]2NC(=O)[C@H](NC(=O)[C@@H]3N)c3ccc(O)c(c3)-c3c(cc(O)c(C)c3O)[C@@H](C(=O)O)NC2=O)c(Cl)c1. The molecule has 35 heteroatoms. The number of aliphatic carboxylic acids is 1. The molecule has 8 bridgehead atoms. The van der Waals surface area contributed by atoms with E-state index < -0.39 is 225 Å². The van der Waals surface area contributed by atoms with Crippen molar-refractivity contribution in [3.05, 3.63) is 116 Å². The van der Waals surface area contributed by atoms with Gasteiger partial charge in [0, 0.05) is 34.2 Å². The van der Waals surface area contributed by atoms with E-state index in [4.69, 9.17) is 68.8 Å². The lowest BCUT2D eigenvalue weighted by Gasteiger charge is -2.47. The number of carbonyl (C=O) groups is 8. The van der Waals surface area contributed by atoms with Gasteiger partial charge in [0.05, 0.1) is 47.4 Å². The Morgan fingerprint density at radius 3 is 2.11 bits per heavy atom. The number of carboxylic acids is 1. The fraction of sp³-hybridized carbons (Fsp3) is 0.449. The number of amides is 6. The van der Waals surface area contributed by atoms with Gasteiger partial charge >= 0.3 is 5.97 Å². The molecular formula is C69H85Cl2N9O24. The third-order valence-electron chi connectivity index (χ3n) is 18.1. The highest BCUT2D eigenvalue weighted by Crippen LogP contribution is 2.50. The van der Waals surface area contributed by atoms with Crippen LogP contribution in [0.2, 0.25) is 10.0 Å². The van der Waals surface area contributed by atoms with Crippen molar-refractivity contribution in [1.29, 1.82) is 0 Å². The Labute approximate surface area is 605 Å². The van der Waals surface area contributed by atoms with E-state index in [2.05, 4.69) is 31.9 Å². The molecule has 18 atom stereocenters. The number of carboxylic acid groups (broad SMARTS) is 1. The molecule has 564 valence electrons. The Morgan fingerprint density at radius 1 is 0.798 bits per heavy atom. The second kappa shape index (κ2) is 33.0. The molecule has 2 saturated heterocycles. The zero-order valence-corrected chi connectivity index (χ0v) is 57.8. The average Bonchev–Trinajstić information content (AvgIpc) is 0.771. The van der Waals surface area contributed by atoms with Crippen molar-refractivity contribution < 1.29 is 118 Å². The van der Waals surface area contributed by atoms with Gasteiger partial charge < -0.3 is 129 Å². The van der Waals surface area contributed by atoms with Gasteiger partial charge in [-0.3, -0.25) is 33.6 Å². The summed E-state index contributed by atoms with van der Waals surface area (Å²) in [5, 5.41) is 128. The number of nitrogens with one attached hydrogen (secondary N) is 6. The van der Waals surface area contributed by atoms with Crippen molar-refractivity contribution in [1.82, 2.24) is 31.9 Å². The van der Waals surface area contributed by atoms with E-state index in [0.717, 1.165) is 67.6 Å². The van der Waals surface area contributed by atoms with Crippen molar-refractivity contribution in [3.8, 4) is 57.1 Å². The molecule has 22 N–H and O–H groups in total. The zero-order chi connectivity index (χ0) is 75.7. The summed E-state index contributed by atoms with van der Waals surface area (Å²) in [5.41, 5.74) is 14.9. The largest absolute Gasteiger partial charge is 0.508 e. The summed E-state index contributed by atoms with van der Waals surface area (Å²) in [5.74, 6) is -13.7. The Balaban J connectivity index is 0.0000137. The number of hydrogen-bond donors (Lipinski definition) is 19. The number of aromatic hydroxyl groups is 3. The molecular weight excluding hydrogens is 1410 g/mol. The minimum Gasteiger partial charge on any atom is -0.508 e. The van der Waals surface area contributed by atoms with Crippen LogP contribution in [0.4, 0.5) is 0 Å². The van der Waals surface area contributed by atoms with Crippen LogP contribution in [0.5, 0.6) is 46.0 Å². The molecule has 0 aromatic heterocycles. The van der Waals surface area contributed by atoms with E-state index in [1.54, 1.807) is 0 Å². The van der Waals surface area contributed by atoms with Gasteiger partial charge in [-0.15, -0.1) is 0 Å². The van der Waals surface area contributed by atoms with Crippen LogP contribution in [0.3, 0.4) is 0 Å². The highest BCUT2D eigenvalue weighted by atomic mass is 35.5. The molecule has 5 heterocycles. The van der Waals surface area contributed by atoms with Gasteiger partial charge in [0.25, 0.3) is 0 Å². The van der Waals surface area contributed by atoms with E-state index in [-0.39, 0.29) is 71.1 Å². The summed E-state index contributed by atoms with van der Waals surface area (Å²) in [6.45, 7) is 8.07. The number of phenolic OH excluding ortho intramolecular Hbond substituents is 3. The first-order valence-corrected chi connectivity index (χ1v) is 33.1. The maximum Gasteiger partial charge on any atom is 0.330 e. The Morgan fingerprint density at radius 2 is 1.49 bits per heavy atom. The highest BCUT2D eigenvalue weighted by Gasteiger charge is 2.51. The molecule has 33 nitrogen and oxygen atoms in total. The van der Waals surface area contributed by atoms with Gasteiger partial charge in [0.2, 0.25) is 47.5 Å². The summed E-state index contributed by atoms with van der Waals surface area (Å²) in [6, 6.07) is 0.582. The van der Waals surface area contributed by atoms with Crippen LogP contribution < -0.4 is 63.3 Å². The highest BCUT2D eigenvalue weighted by molar-refractivity contribution is 6.32. The number of fused-ring (bicyclic) bond motifs is 8. The minimum atomic E-state index is -2.19. The second-order valence-corrected chi connectivity index (χ2v) is 27.1. The molecule has 10 rings (SSSR count). The van der Waals surface area contributed by atoms with Crippen LogP contribution in [-0.2, 0) is 52.6 Å². The van der Waals surface area contributed by atoms with Crippen molar-refractivity contribution in [2.45, 2.75) is 177 Å². The van der Waals surface area contributed by atoms with Crippen molar-refractivity contribution >= 4 is 70.4 Å². The molecule has 5 aromatic rings. The standard InChI is InChI=1S/C68H81Cl2N9O24.CH4/c1-24(2)14-37(74-7)61(91)78-51(64(94)75-36(26(4)81)21-45(71)84)54(86)29-9-12-40(34(69)16-29)99-42-18-31-19-43(58(42)103-67-59(57(89)56(88)44(23-80)101-67)102-46-22-68(6,73)60(90)27(5)98-46)100-41-13-10-30(17-35(41)70)55(87)52-65(95)77-50(66(96)97)33-20-39(83)25(3)53(85)47(33)32-15-28(8-11-38(32)82)49(63(93)79-52)76-62(92)48(31)72;/h8-13,15-20,24,27,36-37,44,46,48-52,54-57,59-60,67,74,80,82-83,85-90H,14,21-23,72-73H2,1-7H3,(H2,71,84)(H,75,94)(H,76,92)(H,77,95)(H,78,91)(H,79,93)(H,96,97);1H4/t27-,36-,37+,44+,46-,48+,49+,50-,51?,52-,54+,55+,56+,57-,59+,60+,67-,68-;/m0./s1. The van der Waals surface area contributed by atoms with Crippen LogP contribution in [0.1, 0.15) is 125 Å². The van der Waals surface area contributed by atoms with Gasteiger partial charge in [-0.25, -0.2) is 4.79 Å². The summed E-state index contributed by atoms with van der Waals surface area (Å²) in [6.07, 6.45) is -17.8. The first-order valence-electron chi connectivity index (χ1n) is 32.3. The number of hydrogen-bond acceptors (Lipinski definition) is 26.